The van der Waals surface area contributed by atoms with E-state index < -0.39 is 12.0 Å². The summed E-state index contributed by atoms with van der Waals surface area (Å²) in [4.78, 5) is 25.1. The Morgan fingerprint density at radius 2 is 1.49 bits per heavy atom. The van der Waals surface area contributed by atoms with Crippen molar-refractivity contribution in [2.45, 2.75) is 32.2 Å². The first-order valence-corrected chi connectivity index (χ1v) is 13.1. The molecule has 0 saturated heterocycles. The first-order valence-electron chi connectivity index (χ1n) is 10.9. The van der Waals surface area contributed by atoms with Gasteiger partial charge in [0.15, 0.2) is 0 Å². The Bertz CT molecular complexity index is 1140. The number of halogens is 2. The minimum Gasteiger partial charge on any atom is -0.508 e. The first kappa shape index (κ1) is 27.1. The number of amides is 1. The summed E-state index contributed by atoms with van der Waals surface area (Å²) < 4.78 is 12.4. The summed E-state index contributed by atoms with van der Waals surface area (Å²) in [5.41, 5.74) is 1.77. The molecule has 1 unspecified atom stereocenters. The average Bonchev–Trinajstić information content (AvgIpc) is 2.83. The summed E-state index contributed by atoms with van der Waals surface area (Å²) >= 11 is 4.11. The number of phenolic OH excluding ortho intramolecular Hbond substituents is 2. The highest BCUT2D eigenvalue weighted by atomic mass is 127. The fourth-order valence-corrected chi connectivity index (χ4v) is 5.20. The van der Waals surface area contributed by atoms with Crippen molar-refractivity contribution in [1.82, 2.24) is 5.32 Å². The van der Waals surface area contributed by atoms with E-state index in [1.54, 1.807) is 43.3 Å². The van der Waals surface area contributed by atoms with Crippen LogP contribution in [0.15, 0.2) is 60.7 Å². The Hall–Kier alpha value is -2.54. The lowest BCUT2D eigenvalue weighted by Gasteiger charge is -2.18. The highest BCUT2D eigenvalue weighted by Gasteiger charge is 2.22. The van der Waals surface area contributed by atoms with Gasteiger partial charge in [-0.3, -0.25) is 4.79 Å². The van der Waals surface area contributed by atoms with Crippen LogP contribution in [0.5, 0.6) is 23.0 Å². The van der Waals surface area contributed by atoms with Gasteiger partial charge in [-0.1, -0.05) is 12.1 Å². The summed E-state index contributed by atoms with van der Waals surface area (Å²) in [7, 11) is 0. The van der Waals surface area contributed by atoms with Gasteiger partial charge in [0, 0.05) is 12.8 Å². The third kappa shape index (κ3) is 8.27. The topological polar surface area (TPSA) is 105 Å². The standard InChI is InChI=1S/C26H25I2NO6/c1-2-34-26(33)23(29-24(31)12-5-17-13-21(27)25(32)22(28)14-17)15-16-3-8-19(9-4-16)35-20-10-6-18(30)7-11-20/h3-4,6-11,13-14,23,30,32H,2,5,12,15H2,1H3,(H,29,31). The lowest BCUT2D eigenvalue weighted by atomic mass is 10.0. The van der Waals surface area contributed by atoms with Crippen molar-refractivity contribution in [2.24, 2.45) is 0 Å². The fourth-order valence-electron chi connectivity index (χ4n) is 3.30. The van der Waals surface area contributed by atoms with Gasteiger partial charge in [-0.2, -0.15) is 0 Å². The normalized spacial score (nSPS) is 11.5. The molecule has 3 aromatic rings. The summed E-state index contributed by atoms with van der Waals surface area (Å²) in [5, 5.41) is 22.1. The number of esters is 1. The second-order valence-corrected chi connectivity index (χ2v) is 10.0. The van der Waals surface area contributed by atoms with Crippen LogP contribution in [0.1, 0.15) is 24.5 Å². The molecule has 3 rings (SSSR count). The van der Waals surface area contributed by atoms with Gasteiger partial charge in [-0.25, -0.2) is 4.79 Å². The van der Waals surface area contributed by atoms with E-state index in [4.69, 9.17) is 9.47 Å². The van der Waals surface area contributed by atoms with Gasteiger partial charge in [0.2, 0.25) is 5.91 Å². The SMILES string of the molecule is CCOC(=O)C(Cc1ccc(Oc2ccc(O)cc2)cc1)NC(=O)CCc1cc(I)c(O)c(I)c1. The zero-order valence-corrected chi connectivity index (χ0v) is 23.3. The van der Waals surface area contributed by atoms with Crippen molar-refractivity contribution in [3.8, 4) is 23.0 Å². The lowest BCUT2D eigenvalue weighted by molar-refractivity contribution is -0.147. The number of rotatable bonds is 10. The number of benzene rings is 3. The Balaban J connectivity index is 1.61. The van der Waals surface area contributed by atoms with E-state index in [2.05, 4.69) is 50.5 Å². The summed E-state index contributed by atoms with van der Waals surface area (Å²) in [6.07, 6.45) is 0.961. The molecule has 0 aliphatic heterocycles. The largest absolute Gasteiger partial charge is 0.508 e. The van der Waals surface area contributed by atoms with Crippen molar-refractivity contribution >= 4 is 57.1 Å². The molecule has 0 aliphatic carbocycles. The number of nitrogens with one attached hydrogen (secondary N) is 1. The van der Waals surface area contributed by atoms with Crippen molar-refractivity contribution in [1.29, 1.82) is 0 Å². The lowest BCUT2D eigenvalue weighted by Crippen LogP contribution is -2.43. The Kier molecular flexibility index (Phi) is 10.0. The Morgan fingerprint density at radius 3 is 2.06 bits per heavy atom. The van der Waals surface area contributed by atoms with Crippen LogP contribution in [0, 0.1) is 7.14 Å². The second kappa shape index (κ2) is 13.0. The highest BCUT2D eigenvalue weighted by molar-refractivity contribution is 14.1. The molecule has 1 amide bonds. The minimum atomic E-state index is -0.814. The number of aryl methyl sites for hydroxylation is 1. The Labute approximate surface area is 231 Å². The van der Waals surface area contributed by atoms with E-state index >= 15 is 0 Å². The molecule has 0 spiro atoms. The first-order chi connectivity index (χ1) is 16.7. The van der Waals surface area contributed by atoms with Crippen LogP contribution < -0.4 is 10.1 Å². The quantitative estimate of drug-likeness (QED) is 0.195. The van der Waals surface area contributed by atoms with Crippen LogP contribution in [0.25, 0.3) is 0 Å². The molecule has 0 heterocycles. The van der Waals surface area contributed by atoms with Gasteiger partial charge in [-0.15, -0.1) is 0 Å². The maximum atomic E-state index is 12.6. The van der Waals surface area contributed by atoms with Gasteiger partial charge in [0.25, 0.3) is 0 Å². The number of hydrogen-bond acceptors (Lipinski definition) is 6. The maximum absolute atomic E-state index is 12.6. The molecule has 3 aromatic carbocycles. The van der Waals surface area contributed by atoms with Crippen LogP contribution in [0.3, 0.4) is 0 Å². The van der Waals surface area contributed by atoms with Crippen LogP contribution in [0.4, 0.5) is 0 Å². The summed E-state index contributed by atoms with van der Waals surface area (Å²) in [6, 6.07) is 16.5. The van der Waals surface area contributed by atoms with E-state index in [0.29, 0.717) is 17.9 Å². The Morgan fingerprint density at radius 1 is 0.914 bits per heavy atom. The predicted molar refractivity (Wildman–Crippen MR) is 149 cm³/mol. The molecule has 184 valence electrons. The smallest absolute Gasteiger partial charge is 0.328 e. The van der Waals surface area contributed by atoms with E-state index in [-0.39, 0.29) is 36.9 Å². The third-order valence-electron chi connectivity index (χ3n) is 5.06. The number of phenols is 2. The van der Waals surface area contributed by atoms with E-state index in [9.17, 15) is 19.8 Å². The molecule has 3 N–H and O–H groups in total. The third-order valence-corrected chi connectivity index (χ3v) is 6.70. The molecule has 7 nitrogen and oxygen atoms in total. The summed E-state index contributed by atoms with van der Waals surface area (Å²) in [6.45, 7) is 1.94. The van der Waals surface area contributed by atoms with Gasteiger partial charge >= 0.3 is 5.97 Å². The molecule has 0 bridgehead atoms. The number of aromatic hydroxyl groups is 2. The summed E-state index contributed by atoms with van der Waals surface area (Å²) in [5.74, 6) is 0.848. The van der Waals surface area contributed by atoms with Gasteiger partial charge < -0.3 is 25.0 Å². The zero-order chi connectivity index (χ0) is 25.4. The second-order valence-electron chi connectivity index (χ2n) is 7.72. The molecule has 0 radical (unpaired) electrons. The molecule has 35 heavy (non-hydrogen) atoms. The van der Waals surface area contributed by atoms with Crippen LogP contribution >= 0.6 is 45.2 Å². The molecule has 1 atom stereocenters. The number of carbonyl (C=O) groups excluding carboxylic acids is 2. The molecular formula is C26H25I2NO6. The molecule has 0 aliphatic rings. The van der Waals surface area contributed by atoms with Crippen molar-refractivity contribution in [3.63, 3.8) is 0 Å². The number of hydrogen-bond donors (Lipinski definition) is 3. The molecule has 9 heteroatoms. The molecule has 0 fully saturated rings. The van der Waals surface area contributed by atoms with E-state index in [1.165, 1.54) is 0 Å². The van der Waals surface area contributed by atoms with Crippen molar-refractivity contribution in [3.05, 3.63) is 78.9 Å². The van der Waals surface area contributed by atoms with Gasteiger partial charge in [0.1, 0.15) is 29.0 Å². The maximum Gasteiger partial charge on any atom is 0.328 e. The average molecular weight is 701 g/mol. The number of carbonyl (C=O) groups is 2. The van der Waals surface area contributed by atoms with Crippen molar-refractivity contribution < 1.29 is 29.3 Å². The highest BCUT2D eigenvalue weighted by Crippen LogP contribution is 2.28. The predicted octanol–water partition coefficient (Wildman–Crippen LogP) is 5.32. The molecule has 0 saturated carbocycles. The van der Waals surface area contributed by atoms with Gasteiger partial charge in [-0.05, 0) is 118 Å². The van der Waals surface area contributed by atoms with Crippen molar-refractivity contribution in [2.75, 3.05) is 6.61 Å². The van der Waals surface area contributed by atoms with Gasteiger partial charge in [0.05, 0.1) is 13.7 Å². The molecule has 0 aromatic heterocycles. The minimum absolute atomic E-state index is 0.160. The molecular weight excluding hydrogens is 676 g/mol. The van der Waals surface area contributed by atoms with Crippen LogP contribution in [-0.2, 0) is 27.2 Å². The van der Waals surface area contributed by atoms with E-state index in [1.807, 2.05) is 24.3 Å². The van der Waals surface area contributed by atoms with Crippen LogP contribution in [-0.4, -0.2) is 34.7 Å². The van der Waals surface area contributed by atoms with Crippen LogP contribution in [0.2, 0.25) is 0 Å². The van der Waals surface area contributed by atoms with E-state index in [0.717, 1.165) is 18.3 Å². The fraction of sp³-hybridized carbons (Fsp3) is 0.231. The number of ether oxygens (including phenoxy) is 2. The zero-order valence-electron chi connectivity index (χ0n) is 19.0. The monoisotopic (exact) mass is 701 g/mol.